The van der Waals surface area contributed by atoms with E-state index in [1.54, 1.807) is 0 Å². The van der Waals surface area contributed by atoms with Crippen molar-refractivity contribution in [2.75, 3.05) is 38.2 Å². The zero-order valence-electron chi connectivity index (χ0n) is 20.0. The summed E-state index contributed by atoms with van der Waals surface area (Å²) in [6.07, 6.45) is 4.87. The fourth-order valence-corrected chi connectivity index (χ4v) is 4.57. The van der Waals surface area contributed by atoms with Crippen LogP contribution in [0.25, 0.3) is 0 Å². The van der Waals surface area contributed by atoms with Gasteiger partial charge in [-0.05, 0) is 37.1 Å². The van der Waals surface area contributed by atoms with Crippen LogP contribution in [0.2, 0.25) is 0 Å². The Balaban J connectivity index is 1.38. The normalized spacial score (nSPS) is 22.6. The summed E-state index contributed by atoms with van der Waals surface area (Å²) in [6.45, 7) is 4.76. The number of nitrogens with zero attached hydrogens (tertiary/aromatic N) is 1. The van der Waals surface area contributed by atoms with Crippen LogP contribution in [0.3, 0.4) is 0 Å². The first-order valence-corrected chi connectivity index (χ1v) is 12.4. The number of unbranched alkanes of at least 4 members (excludes halogenated alkanes) is 2. The van der Waals surface area contributed by atoms with E-state index in [0.29, 0.717) is 56.3 Å². The van der Waals surface area contributed by atoms with Gasteiger partial charge in [0.05, 0.1) is 19.8 Å². The van der Waals surface area contributed by atoms with Gasteiger partial charge in [-0.2, -0.15) is 0 Å². The topological polar surface area (TPSA) is 80.3 Å². The molecule has 2 aliphatic rings. The van der Waals surface area contributed by atoms with Crippen molar-refractivity contribution in [3.8, 4) is 17.2 Å². The molecule has 0 aliphatic carbocycles. The van der Waals surface area contributed by atoms with Crippen molar-refractivity contribution in [2.24, 2.45) is 0 Å². The monoisotopic (exact) mass is 468 g/mol. The van der Waals surface area contributed by atoms with Crippen molar-refractivity contribution in [1.29, 1.82) is 0 Å². The van der Waals surface area contributed by atoms with Gasteiger partial charge in [-0.1, -0.05) is 44.4 Å². The molecular formula is C27H36N2O5. The number of benzene rings is 2. The molecule has 2 aromatic carbocycles. The maximum Gasteiger partial charge on any atom is 0.238 e. The molecule has 2 N–H and O–H groups in total. The quantitative estimate of drug-likeness (QED) is 0.536. The zero-order valence-corrected chi connectivity index (χ0v) is 20.0. The van der Waals surface area contributed by atoms with Crippen LogP contribution in [-0.4, -0.2) is 60.5 Å². The molecule has 4 rings (SSSR count). The van der Waals surface area contributed by atoms with E-state index in [1.807, 2.05) is 48.5 Å². The zero-order chi connectivity index (χ0) is 23.8. The number of para-hydroxylation sites is 1. The summed E-state index contributed by atoms with van der Waals surface area (Å²) in [5.74, 6) is 1.99. The van der Waals surface area contributed by atoms with Crippen LogP contribution < -0.4 is 19.5 Å². The Morgan fingerprint density at radius 2 is 1.94 bits per heavy atom. The summed E-state index contributed by atoms with van der Waals surface area (Å²) < 4.78 is 17.6. The lowest BCUT2D eigenvalue weighted by Gasteiger charge is -2.44. The van der Waals surface area contributed by atoms with Gasteiger partial charge >= 0.3 is 0 Å². The Bertz CT molecular complexity index is 938. The fourth-order valence-electron chi connectivity index (χ4n) is 4.57. The van der Waals surface area contributed by atoms with Crippen molar-refractivity contribution >= 4 is 11.6 Å². The molecule has 0 unspecified atom stereocenters. The first-order chi connectivity index (χ1) is 16.6. The van der Waals surface area contributed by atoms with Gasteiger partial charge in [0.2, 0.25) is 5.91 Å². The second kappa shape index (κ2) is 11.6. The molecule has 1 fully saturated rings. The number of carbonyl (C=O) groups excluding carboxylic acids is 1. The Kier molecular flexibility index (Phi) is 8.29. The van der Waals surface area contributed by atoms with E-state index >= 15 is 0 Å². The number of piperidine rings is 1. The van der Waals surface area contributed by atoms with Crippen molar-refractivity contribution in [2.45, 2.75) is 57.2 Å². The fraction of sp³-hybridized carbons (Fsp3) is 0.519. The third-order valence-corrected chi connectivity index (χ3v) is 6.52. The molecule has 2 atom stereocenters. The predicted octanol–water partition coefficient (Wildman–Crippen LogP) is 4.25. The van der Waals surface area contributed by atoms with Gasteiger partial charge in [-0.15, -0.1) is 0 Å². The first kappa shape index (κ1) is 24.4. The highest BCUT2D eigenvalue weighted by atomic mass is 16.5. The summed E-state index contributed by atoms with van der Waals surface area (Å²) in [4.78, 5) is 14.9. The average molecular weight is 469 g/mol. The van der Waals surface area contributed by atoms with Crippen LogP contribution in [0, 0.1) is 0 Å². The van der Waals surface area contributed by atoms with E-state index in [-0.39, 0.29) is 12.5 Å². The van der Waals surface area contributed by atoms with Gasteiger partial charge in [-0.3, -0.25) is 9.69 Å². The van der Waals surface area contributed by atoms with E-state index in [2.05, 4.69) is 17.1 Å². The molecule has 34 heavy (non-hydrogen) atoms. The Labute approximate surface area is 202 Å². The number of rotatable bonds is 9. The van der Waals surface area contributed by atoms with E-state index in [1.165, 1.54) is 0 Å². The number of likely N-dealkylation sites (tertiary alicyclic amines) is 1. The highest BCUT2D eigenvalue weighted by Gasteiger charge is 2.43. The molecule has 184 valence electrons. The van der Waals surface area contributed by atoms with Crippen LogP contribution in [0.15, 0.2) is 48.5 Å². The molecule has 7 heteroatoms. The van der Waals surface area contributed by atoms with Crippen molar-refractivity contribution in [3.05, 3.63) is 48.5 Å². The highest BCUT2D eigenvalue weighted by Crippen LogP contribution is 2.33. The van der Waals surface area contributed by atoms with Crippen LogP contribution in [0.4, 0.5) is 5.69 Å². The van der Waals surface area contributed by atoms with Crippen LogP contribution in [0.5, 0.6) is 17.2 Å². The molecule has 0 spiro atoms. The Hall–Kier alpha value is -2.77. The smallest absolute Gasteiger partial charge is 0.238 e. The van der Waals surface area contributed by atoms with E-state index in [9.17, 15) is 9.90 Å². The predicted molar refractivity (Wildman–Crippen MR) is 132 cm³/mol. The second-order valence-electron chi connectivity index (χ2n) is 9.23. The van der Waals surface area contributed by atoms with E-state index < -0.39 is 11.7 Å². The van der Waals surface area contributed by atoms with Gasteiger partial charge in [-0.25, -0.2) is 0 Å². The minimum Gasteiger partial charge on any atom is -0.490 e. The molecule has 1 saturated heterocycles. The summed E-state index contributed by atoms with van der Waals surface area (Å²) in [5.41, 5.74) is -0.216. The lowest BCUT2D eigenvalue weighted by Crippen LogP contribution is -2.58. The number of anilines is 1. The average Bonchev–Trinajstić information content (AvgIpc) is 3.07. The summed E-state index contributed by atoms with van der Waals surface area (Å²) in [7, 11) is 0. The SMILES string of the molecule is CCCCC[C@]1(O)CCN(CC(=O)Nc2ccc3c(c2)OCCCO3)C[C@@H]1Oc1ccccc1. The van der Waals surface area contributed by atoms with Crippen LogP contribution >= 0.6 is 0 Å². The van der Waals surface area contributed by atoms with Gasteiger partial charge in [0, 0.05) is 31.3 Å². The maximum absolute atomic E-state index is 12.8. The summed E-state index contributed by atoms with van der Waals surface area (Å²) >= 11 is 0. The lowest BCUT2D eigenvalue weighted by atomic mass is 9.83. The van der Waals surface area contributed by atoms with E-state index in [4.69, 9.17) is 14.2 Å². The Morgan fingerprint density at radius 3 is 2.74 bits per heavy atom. The summed E-state index contributed by atoms with van der Waals surface area (Å²) in [6, 6.07) is 15.1. The number of hydrogen-bond donors (Lipinski definition) is 2. The number of fused-ring (bicyclic) bond motifs is 1. The van der Waals surface area contributed by atoms with Crippen molar-refractivity contribution in [3.63, 3.8) is 0 Å². The third kappa shape index (κ3) is 6.42. The molecule has 0 bridgehead atoms. The Morgan fingerprint density at radius 1 is 1.15 bits per heavy atom. The number of carbonyl (C=O) groups is 1. The number of nitrogens with one attached hydrogen (secondary N) is 1. The molecule has 0 radical (unpaired) electrons. The van der Waals surface area contributed by atoms with Gasteiger partial charge in [0.15, 0.2) is 11.5 Å². The first-order valence-electron chi connectivity index (χ1n) is 12.4. The number of amides is 1. The summed E-state index contributed by atoms with van der Waals surface area (Å²) in [5, 5.41) is 14.4. The van der Waals surface area contributed by atoms with Crippen molar-refractivity contribution < 1.29 is 24.1 Å². The lowest BCUT2D eigenvalue weighted by molar-refractivity contribution is -0.127. The molecule has 0 saturated carbocycles. The van der Waals surface area contributed by atoms with Gasteiger partial charge in [0.1, 0.15) is 17.5 Å². The highest BCUT2D eigenvalue weighted by molar-refractivity contribution is 5.92. The number of ether oxygens (including phenoxy) is 3. The molecule has 1 amide bonds. The molecule has 7 nitrogen and oxygen atoms in total. The minimum atomic E-state index is -0.896. The van der Waals surface area contributed by atoms with Crippen LogP contribution in [-0.2, 0) is 4.79 Å². The van der Waals surface area contributed by atoms with Crippen molar-refractivity contribution in [1.82, 2.24) is 4.90 Å². The standard InChI is InChI=1S/C27H36N2O5/c1-2-3-7-13-27(31)14-15-29(19-25(27)34-22-9-5-4-6-10-22)20-26(30)28-21-11-12-23-24(18-21)33-17-8-16-32-23/h4-6,9-12,18,25,31H,2-3,7-8,13-17,19-20H2,1H3,(H,28,30)/t25-,27-/m0/s1. The number of aliphatic hydroxyl groups is 1. The molecule has 0 aromatic heterocycles. The molecule has 2 heterocycles. The molecule has 2 aromatic rings. The largest absolute Gasteiger partial charge is 0.490 e. The third-order valence-electron chi connectivity index (χ3n) is 6.52. The second-order valence-corrected chi connectivity index (χ2v) is 9.23. The van der Waals surface area contributed by atoms with Crippen LogP contribution in [0.1, 0.15) is 45.4 Å². The van der Waals surface area contributed by atoms with Gasteiger partial charge < -0.3 is 24.6 Å². The molecular weight excluding hydrogens is 432 g/mol. The maximum atomic E-state index is 12.8. The van der Waals surface area contributed by atoms with E-state index in [0.717, 1.165) is 31.4 Å². The minimum absolute atomic E-state index is 0.107. The van der Waals surface area contributed by atoms with Gasteiger partial charge in [0.25, 0.3) is 0 Å². The number of hydrogen-bond acceptors (Lipinski definition) is 6. The molecule has 2 aliphatic heterocycles.